The van der Waals surface area contributed by atoms with Crippen LogP contribution in [0.5, 0.6) is 0 Å². The third-order valence-electron chi connectivity index (χ3n) is 4.56. The maximum atomic E-state index is 3.68. The van der Waals surface area contributed by atoms with Crippen molar-refractivity contribution in [2.45, 2.75) is 39.2 Å². The van der Waals surface area contributed by atoms with Crippen molar-refractivity contribution >= 4 is 10.8 Å². The van der Waals surface area contributed by atoms with Crippen LogP contribution in [0.3, 0.4) is 0 Å². The van der Waals surface area contributed by atoms with E-state index in [2.05, 4.69) is 54.7 Å². The van der Waals surface area contributed by atoms with E-state index < -0.39 is 0 Å². The Labute approximate surface area is 116 Å². The second kappa shape index (κ2) is 5.34. The molecular weight excluding hydrogens is 230 g/mol. The molecule has 0 heterocycles. The Bertz CT molecular complexity index is 547. The maximum Gasteiger partial charge on any atom is 0.0211 e. The highest BCUT2D eigenvalue weighted by Crippen LogP contribution is 2.36. The average molecular weight is 253 g/mol. The Kier molecular flexibility index (Phi) is 3.56. The highest BCUT2D eigenvalue weighted by Gasteiger charge is 2.27. The van der Waals surface area contributed by atoms with Crippen LogP contribution >= 0.6 is 0 Å². The van der Waals surface area contributed by atoms with Gasteiger partial charge in [-0.25, -0.2) is 0 Å². The molecule has 1 heteroatoms. The lowest BCUT2D eigenvalue weighted by molar-refractivity contribution is 0.315. The molecule has 2 aromatic carbocycles. The molecule has 0 aromatic heterocycles. The lowest BCUT2D eigenvalue weighted by Gasteiger charge is -2.24. The molecule has 1 fully saturated rings. The third-order valence-corrected chi connectivity index (χ3v) is 4.56. The van der Waals surface area contributed by atoms with Gasteiger partial charge in [-0.05, 0) is 34.6 Å². The molecular formula is C18H23N. The van der Waals surface area contributed by atoms with Crippen LogP contribution < -0.4 is 5.32 Å². The van der Waals surface area contributed by atoms with Crippen molar-refractivity contribution in [3.8, 4) is 0 Å². The van der Waals surface area contributed by atoms with Crippen molar-refractivity contribution in [1.82, 2.24) is 5.32 Å². The molecule has 0 spiro atoms. The molecule has 19 heavy (non-hydrogen) atoms. The van der Waals surface area contributed by atoms with Gasteiger partial charge < -0.3 is 5.32 Å². The predicted molar refractivity (Wildman–Crippen MR) is 82.2 cm³/mol. The van der Waals surface area contributed by atoms with E-state index in [-0.39, 0.29) is 0 Å². The van der Waals surface area contributed by atoms with Crippen LogP contribution in [0.25, 0.3) is 10.8 Å². The van der Waals surface area contributed by atoms with E-state index in [1.165, 1.54) is 42.0 Å². The zero-order valence-electron chi connectivity index (χ0n) is 11.8. The molecule has 3 rings (SSSR count). The topological polar surface area (TPSA) is 12.0 Å². The van der Waals surface area contributed by atoms with Crippen LogP contribution in [0.4, 0.5) is 0 Å². The van der Waals surface area contributed by atoms with Crippen molar-refractivity contribution in [2.24, 2.45) is 5.41 Å². The molecule has 1 saturated carbocycles. The van der Waals surface area contributed by atoms with Crippen LogP contribution in [-0.4, -0.2) is 6.54 Å². The first-order chi connectivity index (χ1) is 9.27. The van der Waals surface area contributed by atoms with Gasteiger partial charge in [0.25, 0.3) is 0 Å². The molecule has 0 saturated heterocycles. The smallest absolute Gasteiger partial charge is 0.0211 e. The summed E-state index contributed by atoms with van der Waals surface area (Å²) >= 11 is 0. The first kappa shape index (κ1) is 12.7. The van der Waals surface area contributed by atoms with Gasteiger partial charge in [-0.1, -0.05) is 62.2 Å². The number of nitrogens with one attached hydrogen (secondary N) is 1. The maximum absolute atomic E-state index is 3.68. The molecule has 2 aromatic rings. The Morgan fingerprint density at radius 1 is 1.00 bits per heavy atom. The number of hydrogen-bond donors (Lipinski definition) is 1. The number of fused-ring (bicyclic) bond motifs is 1. The van der Waals surface area contributed by atoms with Crippen molar-refractivity contribution in [1.29, 1.82) is 0 Å². The first-order valence-electron chi connectivity index (χ1n) is 7.44. The molecule has 0 atom stereocenters. The highest BCUT2D eigenvalue weighted by molar-refractivity contribution is 5.85. The van der Waals surface area contributed by atoms with Gasteiger partial charge in [0.15, 0.2) is 0 Å². The fraction of sp³-hybridized carbons (Fsp3) is 0.444. The molecule has 1 nitrogen and oxygen atoms in total. The van der Waals surface area contributed by atoms with Gasteiger partial charge in [0.2, 0.25) is 0 Å². The Balaban J connectivity index is 1.68. The summed E-state index contributed by atoms with van der Waals surface area (Å²) in [4.78, 5) is 0. The summed E-state index contributed by atoms with van der Waals surface area (Å²) in [5.41, 5.74) is 1.95. The van der Waals surface area contributed by atoms with Gasteiger partial charge in [-0.15, -0.1) is 0 Å². The number of hydrogen-bond acceptors (Lipinski definition) is 1. The summed E-state index contributed by atoms with van der Waals surface area (Å²) in [7, 11) is 0. The Hall–Kier alpha value is -1.34. The van der Waals surface area contributed by atoms with Crippen LogP contribution in [0.15, 0.2) is 42.5 Å². The number of rotatable bonds is 4. The molecule has 0 aliphatic heterocycles. The van der Waals surface area contributed by atoms with E-state index in [1.54, 1.807) is 0 Å². The summed E-state index contributed by atoms with van der Waals surface area (Å²) in [6.45, 7) is 4.56. The van der Waals surface area contributed by atoms with Crippen LogP contribution in [0.1, 0.15) is 38.2 Å². The lowest BCUT2D eigenvalue weighted by Crippen LogP contribution is -2.29. The zero-order valence-corrected chi connectivity index (χ0v) is 11.8. The van der Waals surface area contributed by atoms with E-state index >= 15 is 0 Å². The predicted octanol–water partition coefficient (Wildman–Crippen LogP) is 4.51. The standard InChI is InChI=1S/C18H23N/c1-18(11-4-5-12-18)14-19-13-16-9-6-8-15-7-2-3-10-17(15)16/h2-3,6-10,19H,4-5,11-14H2,1H3. The monoisotopic (exact) mass is 253 g/mol. The average Bonchev–Trinajstić information content (AvgIpc) is 2.86. The second-order valence-electron chi connectivity index (χ2n) is 6.26. The van der Waals surface area contributed by atoms with E-state index in [1.807, 2.05) is 0 Å². The van der Waals surface area contributed by atoms with E-state index in [4.69, 9.17) is 0 Å². The summed E-state index contributed by atoms with van der Waals surface area (Å²) < 4.78 is 0. The van der Waals surface area contributed by atoms with Gasteiger partial charge in [0.1, 0.15) is 0 Å². The molecule has 0 bridgehead atoms. The minimum atomic E-state index is 0.532. The van der Waals surface area contributed by atoms with E-state index in [0.29, 0.717) is 5.41 Å². The summed E-state index contributed by atoms with van der Waals surface area (Å²) in [6.07, 6.45) is 5.59. The zero-order chi connectivity index (χ0) is 13.1. The minimum Gasteiger partial charge on any atom is -0.312 e. The molecule has 1 N–H and O–H groups in total. The SMILES string of the molecule is CC1(CNCc2cccc3ccccc23)CCCC1. The van der Waals surface area contributed by atoms with Crippen LogP contribution in [0, 0.1) is 5.41 Å². The fourth-order valence-electron chi connectivity index (χ4n) is 3.35. The van der Waals surface area contributed by atoms with Gasteiger partial charge in [-0.3, -0.25) is 0 Å². The number of benzene rings is 2. The Morgan fingerprint density at radius 2 is 1.74 bits per heavy atom. The van der Waals surface area contributed by atoms with E-state index in [9.17, 15) is 0 Å². The Morgan fingerprint density at radius 3 is 2.58 bits per heavy atom. The molecule has 0 radical (unpaired) electrons. The van der Waals surface area contributed by atoms with Gasteiger partial charge in [0.05, 0.1) is 0 Å². The minimum absolute atomic E-state index is 0.532. The van der Waals surface area contributed by atoms with Crippen molar-refractivity contribution in [3.05, 3.63) is 48.0 Å². The fourth-order valence-corrected chi connectivity index (χ4v) is 3.35. The third kappa shape index (κ3) is 2.82. The summed E-state index contributed by atoms with van der Waals surface area (Å²) in [5.74, 6) is 0. The van der Waals surface area contributed by atoms with Gasteiger partial charge in [-0.2, -0.15) is 0 Å². The van der Waals surface area contributed by atoms with Crippen LogP contribution in [0.2, 0.25) is 0 Å². The van der Waals surface area contributed by atoms with E-state index in [0.717, 1.165) is 13.1 Å². The quantitative estimate of drug-likeness (QED) is 0.845. The van der Waals surface area contributed by atoms with Crippen molar-refractivity contribution in [3.63, 3.8) is 0 Å². The normalized spacial score (nSPS) is 17.9. The highest BCUT2D eigenvalue weighted by atomic mass is 14.9. The first-order valence-corrected chi connectivity index (χ1v) is 7.44. The van der Waals surface area contributed by atoms with Crippen LogP contribution in [-0.2, 0) is 6.54 Å². The summed E-state index contributed by atoms with van der Waals surface area (Å²) in [5, 5.41) is 6.40. The molecule has 1 aliphatic carbocycles. The molecule has 0 unspecified atom stereocenters. The van der Waals surface area contributed by atoms with Gasteiger partial charge >= 0.3 is 0 Å². The molecule has 1 aliphatic rings. The molecule has 100 valence electrons. The van der Waals surface area contributed by atoms with Gasteiger partial charge in [0, 0.05) is 13.1 Å². The molecule has 0 amide bonds. The largest absolute Gasteiger partial charge is 0.312 e. The summed E-state index contributed by atoms with van der Waals surface area (Å²) in [6, 6.07) is 15.3. The van der Waals surface area contributed by atoms with Crippen molar-refractivity contribution < 1.29 is 0 Å². The van der Waals surface area contributed by atoms with Crippen molar-refractivity contribution in [2.75, 3.05) is 6.54 Å². The lowest BCUT2D eigenvalue weighted by atomic mass is 9.89. The second-order valence-corrected chi connectivity index (χ2v) is 6.26.